The third-order valence-corrected chi connectivity index (χ3v) is 2.54. The van der Waals surface area contributed by atoms with E-state index >= 15 is 0 Å². The highest BCUT2D eigenvalue weighted by atomic mass is 35.5. The second kappa shape index (κ2) is 8.49. The molecule has 0 saturated heterocycles. The molecule has 2 aromatic rings. The first-order valence-electron chi connectivity index (χ1n) is 5.98. The summed E-state index contributed by atoms with van der Waals surface area (Å²) >= 11 is 11.3. The van der Waals surface area contributed by atoms with Gasteiger partial charge in [0.15, 0.2) is 5.82 Å². The van der Waals surface area contributed by atoms with Gasteiger partial charge in [-0.3, -0.25) is 5.43 Å². The van der Waals surface area contributed by atoms with E-state index in [1.165, 1.54) is 18.5 Å². The molecule has 0 aliphatic heterocycles. The molecule has 0 aliphatic carbocycles. The molecular weight excluding hydrogens is 321 g/mol. The van der Waals surface area contributed by atoms with Crippen molar-refractivity contribution in [1.29, 1.82) is 0 Å². The average molecular weight is 333 g/mol. The molecule has 0 bridgehead atoms. The number of rotatable bonds is 3. The van der Waals surface area contributed by atoms with Crippen molar-refractivity contribution in [1.82, 2.24) is 9.97 Å². The van der Waals surface area contributed by atoms with Gasteiger partial charge < -0.3 is 0 Å². The van der Waals surface area contributed by atoms with Crippen LogP contribution in [0.5, 0.6) is 0 Å². The van der Waals surface area contributed by atoms with E-state index < -0.39 is 11.6 Å². The van der Waals surface area contributed by atoms with Crippen LogP contribution in [0.25, 0.3) is 0 Å². The van der Waals surface area contributed by atoms with Crippen LogP contribution in [0.1, 0.15) is 19.4 Å². The second-order valence-electron chi connectivity index (χ2n) is 3.38. The topological polar surface area (TPSA) is 50.2 Å². The van der Waals surface area contributed by atoms with Crippen LogP contribution in [0, 0.1) is 11.6 Å². The Kier molecular flexibility index (Phi) is 6.98. The van der Waals surface area contributed by atoms with Gasteiger partial charge in [-0.05, 0) is 23.7 Å². The highest BCUT2D eigenvalue weighted by molar-refractivity contribution is 6.33. The van der Waals surface area contributed by atoms with Crippen molar-refractivity contribution >= 4 is 35.1 Å². The smallest absolute Gasteiger partial charge is 0.223 e. The SMILES string of the molecule is CC.Fc1ccc(N/N=C\c2cnc(Cl)nc2Cl)c(F)c1. The van der Waals surface area contributed by atoms with Crippen LogP contribution in [-0.2, 0) is 0 Å². The minimum atomic E-state index is -0.754. The molecule has 0 aliphatic rings. The van der Waals surface area contributed by atoms with Gasteiger partial charge in [0.05, 0.1) is 17.5 Å². The predicted molar refractivity (Wildman–Crippen MR) is 81.0 cm³/mol. The van der Waals surface area contributed by atoms with Crippen molar-refractivity contribution < 1.29 is 8.78 Å². The molecule has 1 heterocycles. The number of anilines is 1. The number of hydrogen-bond acceptors (Lipinski definition) is 4. The summed E-state index contributed by atoms with van der Waals surface area (Å²) in [6.45, 7) is 4.00. The first-order chi connectivity index (χ1) is 10.1. The van der Waals surface area contributed by atoms with Crippen LogP contribution in [0.15, 0.2) is 29.5 Å². The fourth-order valence-electron chi connectivity index (χ4n) is 1.19. The van der Waals surface area contributed by atoms with Gasteiger partial charge in [-0.25, -0.2) is 18.7 Å². The van der Waals surface area contributed by atoms with E-state index in [1.807, 2.05) is 13.8 Å². The molecule has 0 amide bonds. The molecule has 21 heavy (non-hydrogen) atoms. The van der Waals surface area contributed by atoms with Crippen LogP contribution in [0.3, 0.4) is 0 Å². The van der Waals surface area contributed by atoms with Crippen LogP contribution < -0.4 is 5.43 Å². The minimum Gasteiger partial charge on any atom is -0.276 e. The summed E-state index contributed by atoms with van der Waals surface area (Å²) in [5, 5.41) is 3.88. The van der Waals surface area contributed by atoms with Gasteiger partial charge in [0.1, 0.15) is 11.0 Å². The van der Waals surface area contributed by atoms with Crippen molar-refractivity contribution in [2.75, 3.05) is 5.43 Å². The number of halogens is 4. The van der Waals surface area contributed by atoms with E-state index in [-0.39, 0.29) is 16.1 Å². The van der Waals surface area contributed by atoms with Gasteiger partial charge in [0.25, 0.3) is 0 Å². The molecule has 0 saturated carbocycles. The van der Waals surface area contributed by atoms with Crippen molar-refractivity contribution in [3.8, 4) is 0 Å². The zero-order valence-electron chi connectivity index (χ0n) is 11.2. The highest BCUT2D eigenvalue weighted by Gasteiger charge is 2.03. The molecule has 1 aromatic carbocycles. The Hall–Kier alpha value is -1.79. The molecule has 0 spiro atoms. The Morgan fingerprint density at radius 1 is 1.24 bits per heavy atom. The maximum atomic E-state index is 13.3. The first-order valence-corrected chi connectivity index (χ1v) is 6.74. The maximum absolute atomic E-state index is 13.3. The largest absolute Gasteiger partial charge is 0.276 e. The zero-order chi connectivity index (χ0) is 15.8. The molecule has 2 rings (SSSR count). The van der Waals surface area contributed by atoms with E-state index in [0.717, 1.165) is 12.1 Å². The second-order valence-corrected chi connectivity index (χ2v) is 4.08. The molecule has 0 radical (unpaired) electrons. The fourth-order valence-corrected chi connectivity index (χ4v) is 1.54. The molecule has 4 nitrogen and oxygen atoms in total. The zero-order valence-corrected chi connectivity index (χ0v) is 12.8. The standard InChI is InChI=1S/C11H6Cl2F2N4.C2H6/c12-10-6(4-16-11(13)18-10)5-17-19-9-2-1-7(14)3-8(9)15;1-2/h1-5,19H;1-2H3/b17-5-;. The van der Waals surface area contributed by atoms with E-state index in [2.05, 4.69) is 20.5 Å². The fraction of sp³-hybridized carbons (Fsp3) is 0.154. The summed E-state index contributed by atoms with van der Waals surface area (Å²) in [6, 6.07) is 3.08. The lowest BCUT2D eigenvalue weighted by Crippen LogP contribution is -1.96. The normalized spacial score (nSPS) is 10.2. The van der Waals surface area contributed by atoms with Crippen molar-refractivity contribution in [2.24, 2.45) is 5.10 Å². The molecule has 8 heteroatoms. The number of aromatic nitrogens is 2. The summed E-state index contributed by atoms with van der Waals surface area (Å²) in [4.78, 5) is 7.43. The van der Waals surface area contributed by atoms with Gasteiger partial charge in [-0.2, -0.15) is 5.10 Å². The molecule has 0 fully saturated rings. The Bertz CT molecular complexity index is 636. The molecule has 1 aromatic heterocycles. The lowest BCUT2D eigenvalue weighted by Gasteiger charge is -2.02. The van der Waals surface area contributed by atoms with Crippen molar-refractivity contribution in [3.63, 3.8) is 0 Å². The van der Waals surface area contributed by atoms with E-state index in [4.69, 9.17) is 23.2 Å². The third-order valence-electron chi connectivity index (χ3n) is 2.06. The average Bonchev–Trinajstić information content (AvgIpc) is 2.45. The van der Waals surface area contributed by atoms with E-state index in [1.54, 1.807) is 0 Å². The lowest BCUT2D eigenvalue weighted by atomic mass is 10.3. The van der Waals surface area contributed by atoms with Gasteiger partial charge in [0.2, 0.25) is 5.28 Å². The number of benzene rings is 1. The predicted octanol–water partition coefficient (Wildman–Crippen LogP) is 4.53. The number of hydrazone groups is 1. The van der Waals surface area contributed by atoms with Crippen molar-refractivity contribution in [2.45, 2.75) is 13.8 Å². The minimum absolute atomic E-state index is 0.0136. The molecular formula is C13H12Cl2F2N4. The monoisotopic (exact) mass is 332 g/mol. The Morgan fingerprint density at radius 3 is 2.57 bits per heavy atom. The Labute approximate surface area is 130 Å². The molecule has 112 valence electrons. The van der Waals surface area contributed by atoms with Crippen LogP contribution in [0.2, 0.25) is 10.4 Å². The Balaban J connectivity index is 0.00000106. The van der Waals surface area contributed by atoms with Gasteiger partial charge in [-0.1, -0.05) is 25.4 Å². The summed E-state index contributed by atoms with van der Waals surface area (Å²) in [7, 11) is 0. The highest BCUT2D eigenvalue weighted by Crippen LogP contribution is 2.15. The molecule has 0 unspecified atom stereocenters. The van der Waals surface area contributed by atoms with E-state index in [0.29, 0.717) is 5.56 Å². The molecule has 0 atom stereocenters. The quantitative estimate of drug-likeness (QED) is 0.388. The summed E-state index contributed by atoms with van der Waals surface area (Å²) in [5.41, 5.74) is 2.85. The van der Waals surface area contributed by atoms with Crippen molar-refractivity contribution in [3.05, 3.63) is 52.0 Å². The Morgan fingerprint density at radius 2 is 1.95 bits per heavy atom. The number of nitrogens with one attached hydrogen (secondary N) is 1. The summed E-state index contributed by atoms with van der Waals surface area (Å²) in [6.07, 6.45) is 2.66. The maximum Gasteiger partial charge on any atom is 0.223 e. The third kappa shape index (κ3) is 5.24. The number of nitrogens with zero attached hydrogens (tertiary/aromatic N) is 3. The lowest BCUT2D eigenvalue weighted by molar-refractivity contribution is 0.585. The number of hydrogen-bond donors (Lipinski definition) is 1. The van der Waals surface area contributed by atoms with Crippen LogP contribution in [0.4, 0.5) is 14.5 Å². The van der Waals surface area contributed by atoms with Crippen LogP contribution in [-0.4, -0.2) is 16.2 Å². The van der Waals surface area contributed by atoms with Gasteiger partial charge in [-0.15, -0.1) is 0 Å². The van der Waals surface area contributed by atoms with Gasteiger partial charge in [0, 0.05) is 12.3 Å². The van der Waals surface area contributed by atoms with Crippen LogP contribution >= 0.6 is 23.2 Å². The first kappa shape index (κ1) is 17.3. The summed E-state index contributed by atoms with van der Waals surface area (Å²) < 4.78 is 25.9. The van der Waals surface area contributed by atoms with E-state index in [9.17, 15) is 8.78 Å². The molecule has 1 N–H and O–H groups in total. The summed E-state index contributed by atoms with van der Waals surface area (Å²) in [5.74, 6) is -1.42. The van der Waals surface area contributed by atoms with Gasteiger partial charge >= 0.3 is 0 Å².